The molecule has 0 atom stereocenters. The van der Waals surface area contributed by atoms with E-state index in [9.17, 15) is 4.79 Å². The average molecular weight is 261 g/mol. The molecule has 4 heteroatoms. The molecular weight excluding hydrogens is 242 g/mol. The molecule has 1 amide bonds. The molecule has 0 aliphatic rings. The van der Waals surface area contributed by atoms with Crippen LogP contribution in [-0.4, -0.2) is 11.5 Å². The van der Waals surface area contributed by atoms with Crippen LogP contribution in [0, 0.1) is 6.92 Å². The van der Waals surface area contributed by atoms with E-state index in [-0.39, 0.29) is 12.3 Å². The molecule has 0 radical (unpaired) electrons. The number of carbonyl (C=O) groups is 1. The minimum absolute atomic E-state index is 0.182. The van der Waals surface area contributed by atoms with Crippen molar-refractivity contribution in [3.05, 3.63) is 35.6 Å². The Balaban J connectivity index is 2.07. The van der Waals surface area contributed by atoms with Gasteiger partial charge in [0.2, 0.25) is 5.91 Å². The highest BCUT2D eigenvalue weighted by Gasteiger charge is 2.15. The molecule has 1 heterocycles. The first kappa shape index (κ1) is 13.6. The molecule has 2 aromatic rings. The number of carbonyl (C=O) groups excluding carboxylic acids is 1. The fourth-order valence-corrected chi connectivity index (χ4v) is 1.75. The van der Waals surface area contributed by atoms with Crippen LogP contribution in [0.15, 0.2) is 28.9 Å². The van der Waals surface area contributed by atoms with Gasteiger partial charge in [-0.05, 0) is 39.3 Å². The zero-order valence-corrected chi connectivity index (χ0v) is 11.7. The SMILES string of the molecule is Cc1ccc2c(CC(=O)NOC(C)(C)C)coc2c1. The standard InChI is InChI=1S/C15H19NO3/c1-10-5-6-12-11(9-18-13(12)7-10)8-14(17)16-19-15(2,3)4/h5-7,9H,8H2,1-4H3,(H,16,17). The molecule has 2 rings (SSSR count). The third kappa shape index (κ3) is 3.58. The smallest absolute Gasteiger partial charge is 0.248 e. The van der Waals surface area contributed by atoms with E-state index in [4.69, 9.17) is 9.25 Å². The number of furan rings is 1. The Morgan fingerprint density at radius 3 is 2.79 bits per heavy atom. The van der Waals surface area contributed by atoms with Gasteiger partial charge in [0.1, 0.15) is 5.58 Å². The van der Waals surface area contributed by atoms with Crippen molar-refractivity contribution in [1.29, 1.82) is 0 Å². The van der Waals surface area contributed by atoms with Crippen molar-refractivity contribution in [2.75, 3.05) is 0 Å². The number of fused-ring (bicyclic) bond motifs is 1. The topological polar surface area (TPSA) is 51.5 Å². The van der Waals surface area contributed by atoms with E-state index in [2.05, 4.69) is 5.48 Å². The van der Waals surface area contributed by atoms with E-state index in [1.165, 1.54) is 0 Å². The molecule has 0 aliphatic carbocycles. The van der Waals surface area contributed by atoms with E-state index < -0.39 is 5.60 Å². The summed E-state index contributed by atoms with van der Waals surface area (Å²) >= 11 is 0. The van der Waals surface area contributed by atoms with Gasteiger partial charge >= 0.3 is 0 Å². The highest BCUT2D eigenvalue weighted by atomic mass is 16.7. The molecule has 0 unspecified atom stereocenters. The van der Waals surface area contributed by atoms with Crippen molar-refractivity contribution in [1.82, 2.24) is 5.48 Å². The largest absolute Gasteiger partial charge is 0.464 e. The zero-order valence-electron chi connectivity index (χ0n) is 11.7. The first-order valence-electron chi connectivity index (χ1n) is 6.29. The number of nitrogens with one attached hydrogen (secondary N) is 1. The lowest BCUT2D eigenvalue weighted by Gasteiger charge is -2.18. The Labute approximate surface area is 112 Å². The molecule has 0 fully saturated rings. The Hall–Kier alpha value is -1.81. The highest BCUT2D eigenvalue weighted by molar-refractivity contribution is 5.87. The Morgan fingerprint density at radius 1 is 1.37 bits per heavy atom. The number of rotatable bonds is 3. The highest BCUT2D eigenvalue weighted by Crippen LogP contribution is 2.22. The van der Waals surface area contributed by atoms with Gasteiger partial charge in [-0.3, -0.25) is 9.63 Å². The second-order valence-corrected chi connectivity index (χ2v) is 5.68. The summed E-state index contributed by atoms with van der Waals surface area (Å²) in [5.74, 6) is -0.182. The lowest BCUT2D eigenvalue weighted by molar-refractivity contribution is -0.144. The van der Waals surface area contributed by atoms with Crippen LogP contribution >= 0.6 is 0 Å². The molecule has 0 bridgehead atoms. The van der Waals surface area contributed by atoms with Gasteiger partial charge in [0.05, 0.1) is 18.3 Å². The minimum Gasteiger partial charge on any atom is -0.464 e. The van der Waals surface area contributed by atoms with Crippen LogP contribution in [0.25, 0.3) is 11.0 Å². The third-order valence-electron chi connectivity index (χ3n) is 2.63. The Kier molecular flexibility index (Phi) is 3.62. The first-order chi connectivity index (χ1) is 8.85. The monoisotopic (exact) mass is 261 g/mol. The van der Waals surface area contributed by atoms with Crippen molar-refractivity contribution in [2.24, 2.45) is 0 Å². The summed E-state index contributed by atoms with van der Waals surface area (Å²) in [6.45, 7) is 7.64. The van der Waals surface area contributed by atoms with Crippen LogP contribution in [0.5, 0.6) is 0 Å². The third-order valence-corrected chi connectivity index (χ3v) is 2.63. The van der Waals surface area contributed by atoms with Crippen molar-refractivity contribution in [3.8, 4) is 0 Å². The van der Waals surface area contributed by atoms with E-state index in [1.807, 2.05) is 45.9 Å². The van der Waals surface area contributed by atoms with Gasteiger partial charge in [-0.25, -0.2) is 5.48 Å². The maximum Gasteiger partial charge on any atom is 0.248 e. The lowest BCUT2D eigenvalue weighted by atomic mass is 10.1. The molecule has 19 heavy (non-hydrogen) atoms. The number of hydroxylamine groups is 1. The van der Waals surface area contributed by atoms with Crippen LogP contribution in [-0.2, 0) is 16.1 Å². The van der Waals surface area contributed by atoms with Gasteiger partial charge in [0.25, 0.3) is 0 Å². The summed E-state index contributed by atoms with van der Waals surface area (Å²) < 4.78 is 5.46. The predicted molar refractivity (Wildman–Crippen MR) is 73.6 cm³/mol. The zero-order chi connectivity index (χ0) is 14.0. The normalized spacial score (nSPS) is 11.8. The van der Waals surface area contributed by atoms with Crippen LogP contribution in [0.2, 0.25) is 0 Å². The molecule has 0 saturated heterocycles. The summed E-state index contributed by atoms with van der Waals surface area (Å²) in [5, 5.41) is 0.969. The maximum absolute atomic E-state index is 11.8. The molecule has 1 N–H and O–H groups in total. The summed E-state index contributed by atoms with van der Waals surface area (Å²) in [6, 6.07) is 5.94. The minimum atomic E-state index is -0.398. The van der Waals surface area contributed by atoms with Gasteiger partial charge in [-0.2, -0.15) is 0 Å². The van der Waals surface area contributed by atoms with E-state index in [1.54, 1.807) is 6.26 Å². The van der Waals surface area contributed by atoms with Crippen LogP contribution in [0.3, 0.4) is 0 Å². The average Bonchev–Trinajstić information content (AvgIpc) is 2.68. The van der Waals surface area contributed by atoms with E-state index in [0.29, 0.717) is 0 Å². The van der Waals surface area contributed by atoms with Gasteiger partial charge < -0.3 is 4.42 Å². The predicted octanol–water partition coefficient (Wildman–Crippen LogP) is 3.13. The van der Waals surface area contributed by atoms with E-state index in [0.717, 1.165) is 22.1 Å². The first-order valence-corrected chi connectivity index (χ1v) is 6.29. The molecule has 102 valence electrons. The lowest BCUT2D eigenvalue weighted by Crippen LogP contribution is -2.34. The van der Waals surface area contributed by atoms with Crippen LogP contribution in [0.1, 0.15) is 31.9 Å². The van der Waals surface area contributed by atoms with Crippen molar-refractivity contribution < 1.29 is 14.0 Å². The van der Waals surface area contributed by atoms with Crippen LogP contribution < -0.4 is 5.48 Å². The van der Waals surface area contributed by atoms with E-state index >= 15 is 0 Å². The number of aryl methyl sites for hydroxylation is 1. The summed E-state index contributed by atoms with van der Waals surface area (Å²) in [6.07, 6.45) is 1.87. The van der Waals surface area contributed by atoms with Gasteiger partial charge in [-0.15, -0.1) is 0 Å². The van der Waals surface area contributed by atoms with Gasteiger partial charge in [0, 0.05) is 10.9 Å². The molecule has 4 nitrogen and oxygen atoms in total. The number of hydrogen-bond donors (Lipinski definition) is 1. The molecule has 0 saturated carbocycles. The second-order valence-electron chi connectivity index (χ2n) is 5.68. The second kappa shape index (κ2) is 5.05. The fraction of sp³-hybridized carbons (Fsp3) is 0.400. The maximum atomic E-state index is 11.8. The molecular formula is C15H19NO3. The van der Waals surface area contributed by atoms with Gasteiger partial charge in [0.15, 0.2) is 0 Å². The summed E-state index contributed by atoms with van der Waals surface area (Å²) in [7, 11) is 0. The van der Waals surface area contributed by atoms with Crippen LogP contribution in [0.4, 0.5) is 0 Å². The number of amides is 1. The molecule has 1 aromatic heterocycles. The van der Waals surface area contributed by atoms with Crippen molar-refractivity contribution >= 4 is 16.9 Å². The number of hydrogen-bond acceptors (Lipinski definition) is 3. The Morgan fingerprint density at radius 2 is 2.11 bits per heavy atom. The fourth-order valence-electron chi connectivity index (χ4n) is 1.75. The molecule has 1 aromatic carbocycles. The summed E-state index contributed by atoms with van der Waals surface area (Å²) in [4.78, 5) is 17.0. The van der Waals surface area contributed by atoms with Crippen molar-refractivity contribution in [2.45, 2.75) is 39.7 Å². The van der Waals surface area contributed by atoms with Gasteiger partial charge in [-0.1, -0.05) is 12.1 Å². The Bertz CT molecular complexity index is 593. The summed E-state index contributed by atoms with van der Waals surface area (Å²) in [5.41, 5.74) is 4.86. The molecule has 0 spiro atoms. The van der Waals surface area contributed by atoms with Crippen molar-refractivity contribution in [3.63, 3.8) is 0 Å². The number of benzene rings is 1. The quantitative estimate of drug-likeness (QED) is 0.864. The molecule has 0 aliphatic heterocycles.